The van der Waals surface area contributed by atoms with Gasteiger partial charge in [0.15, 0.2) is 5.69 Å². The maximum atomic E-state index is 12.6. The van der Waals surface area contributed by atoms with Crippen LogP contribution >= 0.6 is 15.9 Å². The fourth-order valence-electron chi connectivity index (χ4n) is 3.74. The molecule has 3 rings (SSSR count). The number of aromatic nitrogens is 1. The van der Waals surface area contributed by atoms with Gasteiger partial charge in [-0.1, -0.05) is 26.0 Å². The van der Waals surface area contributed by atoms with E-state index in [4.69, 9.17) is 9.47 Å². The monoisotopic (exact) mass is 474 g/mol. The third-order valence-corrected chi connectivity index (χ3v) is 5.63. The lowest BCUT2D eigenvalue weighted by Gasteiger charge is -2.41. The second-order valence-electron chi connectivity index (χ2n) is 9.06. The second kappa shape index (κ2) is 8.02. The van der Waals surface area contributed by atoms with Crippen LogP contribution in [-0.4, -0.2) is 36.2 Å². The van der Waals surface area contributed by atoms with Crippen molar-refractivity contribution in [3.05, 3.63) is 57.2 Å². The third kappa shape index (κ3) is 4.51. The summed E-state index contributed by atoms with van der Waals surface area (Å²) in [5.41, 5.74) is 1.98. The van der Waals surface area contributed by atoms with Gasteiger partial charge in [-0.2, -0.15) is 0 Å². The van der Waals surface area contributed by atoms with Crippen molar-refractivity contribution in [3.8, 4) is 0 Å². The van der Waals surface area contributed by atoms with Gasteiger partial charge in [-0.05, 0) is 66.0 Å². The summed E-state index contributed by atoms with van der Waals surface area (Å²) in [5, 5.41) is 0. The number of benzene rings is 1. The number of anilines is 1. The Kier molecular flexibility index (Phi) is 5.96. The predicted molar refractivity (Wildman–Crippen MR) is 119 cm³/mol. The molecule has 2 heterocycles. The molecule has 0 atom stereocenters. The van der Waals surface area contributed by atoms with Gasteiger partial charge < -0.3 is 14.4 Å². The zero-order chi connectivity index (χ0) is 22.3. The van der Waals surface area contributed by atoms with Gasteiger partial charge in [0.05, 0.1) is 17.1 Å². The van der Waals surface area contributed by atoms with Gasteiger partial charge in [0.2, 0.25) is 0 Å². The number of methoxy groups -OCH3 is 1. The molecule has 0 spiro atoms. The number of fused-ring (bicyclic) bond motifs is 1. The number of halogens is 1. The van der Waals surface area contributed by atoms with Crippen LogP contribution in [0.2, 0.25) is 0 Å². The van der Waals surface area contributed by atoms with Crippen molar-refractivity contribution >= 4 is 33.7 Å². The first kappa shape index (κ1) is 22.3. The van der Waals surface area contributed by atoms with Crippen LogP contribution in [-0.2, 0) is 21.4 Å². The molecule has 0 saturated heterocycles. The van der Waals surface area contributed by atoms with E-state index in [0.29, 0.717) is 28.9 Å². The molecule has 1 aromatic heterocycles. The van der Waals surface area contributed by atoms with E-state index in [-0.39, 0.29) is 17.1 Å². The highest BCUT2D eigenvalue weighted by Gasteiger charge is 2.35. The highest BCUT2D eigenvalue weighted by molar-refractivity contribution is 9.10. The van der Waals surface area contributed by atoms with Gasteiger partial charge >= 0.3 is 11.9 Å². The van der Waals surface area contributed by atoms with Crippen molar-refractivity contribution in [1.82, 2.24) is 4.98 Å². The molecular formula is C23H27BrN2O4. The summed E-state index contributed by atoms with van der Waals surface area (Å²) >= 11 is 3.41. The topological polar surface area (TPSA) is 68.7 Å². The SMILES string of the molecule is COC(=O)c1cccc2c1CN(c1ccc(Br)c(C(=O)OC(C)(C)C)n1)CC2(C)C. The molecule has 0 saturated carbocycles. The minimum atomic E-state index is -0.615. The van der Waals surface area contributed by atoms with Gasteiger partial charge in [-0.3, -0.25) is 0 Å². The Balaban J connectivity index is 2.02. The maximum Gasteiger partial charge on any atom is 0.358 e. The number of carbonyl (C=O) groups is 2. The Morgan fingerprint density at radius 3 is 2.47 bits per heavy atom. The second-order valence-corrected chi connectivity index (χ2v) is 9.92. The number of hydrogen-bond acceptors (Lipinski definition) is 6. The standard InChI is InChI=1S/C23H27BrN2O4/c1-22(2,3)30-21(28)19-17(24)10-11-18(25-19)26-12-15-14(20(27)29-6)8-7-9-16(15)23(4,5)13-26/h7-11H,12-13H2,1-6H3. The van der Waals surface area contributed by atoms with Gasteiger partial charge in [-0.15, -0.1) is 0 Å². The smallest absolute Gasteiger partial charge is 0.358 e. The minimum absolute atomic E-state index is 0.224. The summed E-state index contributed by atoms with van der Waals surface area (Å²) in [4.78, 5) is 31.6. The molecule has 160 valence electrons. The van der Waals surface area contributed by atoms with Crippen LogP contribution in [0.5, 0.6) is 0 Å². The summed E-state index contributed by atoms with van der Waals surface area (Å²) in [7, 11) is 1.39. The van der Waals surface area contributed by atoms with Crippen molar-refractivity contribution in [3.63, 3.8) is 0 Å². The van der Waals surface area contributed by atoms with Crippen LogP contribution in [0.3, 0.4) is 0 Å². The van der Waals surface area contributed by atoms with Crippen molar-refractivity contribution in [2.75, 3.05) is 18.6 Å². The van der Waals surface area contributed by atoms with Gasteiger partial charge in [0.25, 0.3) is 0 Å². The first-order valence-corrected chi connectivity index (χ1v) is 10.6. The Morgan fingerprint density at radius 1 is 1.13 bits per heavy atom. The Morgan fingerprint density at radius 2 is 1.83 bits per heavy atom. The van der Waals surface area contributed by atoms with E-state index in [9.17, 15) is 9.59 Å². The zero-order valence-corrected chi connectivity index (χ0v) is 19.8. The fraction of sp³-hybridized carbons (Fsp3) is 0.435. The largest absolute Gasteiger partial charge is 0.465 e. The van der Waals surface area contributed by atoms with Crippen LogP contribution in [0.4, 0.5) is 5.82 Å². The molecule has 1 aliphatic rings. The van der Waals surface area contributed by atoms with Crippen molar-refractivity contribution in [1.29, 1.82) is 0 Å². The lowest BCUT2D eigenvalue weighted by molar-refractivity contribution is 0.00616. The fourth-order valence-corrected chi connectivity index (χ4v) is 4.12. The van der Waals surface area contributed by atoms with E-state index >= 15 is 0 Å². The summed E-state index contributed by atoms with van der Waals surface area (Å²) in [6.07, 6.45) is 0. The lowest BCUT2D eigenvalue weighted by Crippen LogP contribution is -2.43. The molecule has 0 amide bonds. The quantitative estimate of drug-likeness (QED) is 0.590. The van der Waals surface area contributed by atoms with Gasteiger partial charge in [0, 0.05) is 18.5 Å². The summed E-state index contributed by atoms with van der Waals surface area (Å²) in [5.74, 6) is -0.191. The summed E-state index contributed by atoms with van der Waals surface area (Å²) < 4.78 is 11.1. The molecule has 2 aromatic rings. The van der Waals surface area contributed by atoms with Gasteiger partial charge in [-0.25, -0.2) is 14.6 Å². The predicted octanol–water partition coefficient (Wildman–Crippen LogP) is 4.88. The van der Waals surface area contributed by atoms with E-state index in [1.807, 2.05) is 32.9 Å². The van der Waals surface area contributed by atoms with E-state index in [1.165, 1.54) is 7.11 Å². The van der Waals surface area contributed by atoms with Crippen molar-refractivity contribution in [2.45, 2.75) is 52.2 Å². The Bertz CT molecular complexity index is 995. The van der Waals surface area contributed by atoms with Crippen molar-refractivity contribution < 1.29 is 19.1 Å². The van der Waals surface area contributed by atoms with E-state index in [2.05, 4.69) is 45.7 Å². The van der Waals surface area contributed by atoms with E-state index in [1.54, 1.807) is 12.1 Å². The van der Waals surface area contributed by atoms with Crippen LogP contribution < -0.4 is 4.90 Å². The molecule has 0 unspecified atom stereocenters. The number of esters is 2. The number of hydrogen-bond donors (Lipinski definition) is 0. The molecule has 0 aliphatic carbocycles. The van der Waals surface area contributed by atoms with E-state index in [0.717, 1.165) is 11.1 Å². The average molecular weight is 475 g/mol. The molecule has 7 heteroatoms. The number of nitrogens with zero attached hydrogens (tertiary/aromatic N) is 2. The summed E-state index contributed by atoms with van der Waals surface area (Å²) in [6, 6.07) is 9.39. The number of ether oxygens (including phenoxy) is 2. The Labute approximate surface area is 185 Å². The third-order valence-electron chi connectivity index (χ3n) is 4.99. The number of carbonyl (C=O) groups excluding carboxylic acids is 2. The average Bonchev–Trinajstić information content (AvgIpc) is 2.65. The lowest BCUT2D eigenvalue weighted by atomic mass is 9.77. The molecule has 1 aliphatic heterocycles. The van der Waals surface area contributed by atoms with Crippen LogP contribution in [0.1, 0.15) is 66.6 Å². The van der Waals surface area contributed by atoms with Crippen molar-refractivity contribution in [2.24, 2.45) is 0 Å². The molecule has 0 radical (unpaired) electrons. The van der Waals surface area contributed by atoms with Gasteiger partial charge in [0.1, 0.15) is 11.4 Å². The maximum absolute atomic E-state index is 12.6. The zero-order valence-electron chi connectivity index (χ0n) is 18.2. The number of rotatable bonds is 3. The molecule has 6 nitrogen and oxygen atoms in total. The Hall–Kier alpha value is -2.41. The summed E-state index contributed by atoms with van der Waals surface area (Å²) in [6.45, 7) is 10.9. The van der Waals surface area contributed by atoms with Crippen LogP contribution in [0.15, 0.2) is 34.8 Å². The first-order valence-electron chi connectivity index (χ1n) is 9.78. The molecule has 1 aromatic carbocycles. The molecule has 30 heavy (non-hydrogen) atoms. The number of pyridine rings is 1. The molecular weight excluding hydrogens is 448 g/mol. The molecule has 0 N–H and O–H groups in total. The van der Waals surface area contributed by atoms with Crippen LogP contribution in [0, 0.1) is 0 Å². The molecule has 0 bridgehead atoms. The molecule has 0 fully saturated rings. The normalized spacial score (nSPS) is 15.4. The highest BCUT2D eigenvalue weighted by Crippen LogP contribution is 2.37. The minimum Gasteiger partial charge on any atom is -0.465 e. The van der Waals surface area contributed by atoms with Crippen LogP contribution in [0.25, 0.3) is 0 Å². The first-order chi connectivity index (χ1) is 13.9. The highest BCUT2D eigenvalue weighted by atomic mass is 79.9. The van der Waals surface area contributed by atoms with E-state index < -0.39 is 11.6 Å².